The second-order valence-electron chi connectivity index (χ2n) is 7.11. The van der Waals surface area contributed by atoms with Crippen LogP contribution < -0.4 is 10.2 Å². The van der Waals surface area contributed by atoms with Gasteiger partial charge in [0, 0.05) is 35.9 Å². The van der Waals surface area contributed by atoms with Crippen LogP contribution in [-0.2, 0) is 6.42 Å². The van der Waals surface area contributed by atoms with Crippen molar-refractivity contribution in [3.63, 3.8) is 0 Å². The van der Waals surface area contributed by atoms with Crippen molar-refractivity contribution < 1.29 is 4.79 Å². The minimum absolute atomic E-state index is 0.0398. The Morgan fingerprint density at radius 1 is 1.23 bits per heavy atom. The molecule has 2 aromatic rings. The van der Waals surface area contributed by atoms with Crippen molar-refractivity contribution in [1.82, 2.24) is 10.2 Å². The number of likely N-dealkylation sites (N-methyl/N-ethyl adjacent to an activating group) is 1. The zero-order valence-corrected chi connectivity index (χ0v) is 17.2. The van der Waals surface area contributed by atoms with E-state index < -0.39 is 0 Å². The number of nitrogens with one attached hydrogen (secondary N) is 1. The van der Waals surface area contributed by atoms with Crippen LogP contribution >= 0.6 is 15.9 Å². The van der Waals surface area contributed by atoms with E-state index in [1.165, 1.54) is 23.2 Å². The monoisotopic (exact) mass is 415 g/mol. The molecule has 26 heavy (non-hydrogen) atoms. The number of hydrogen-bond donors (Lipinski definition) is 1. The Bertz CT molecular complexity index is 773. The van der Waals surface area contributed by atoms with Gasteiger partial charge in [-0.05, 0) is 68.4 Å². The van der Waals surface area contributed by atoms with Gasteiger partial charge in [-0.1, -0.05) is 28.1 Å². The van der Waals surface area contributed by atoms with Crippen molar-refractivity contribution in [1.29, 1.82) is 0 Å². The minimum atomic E-state index is -0.0398. The summed E-state index contributed by atoms with van der Waals surface area (Å²) in [5, 5.41) is 3.08. The van der Waals surface area contributed by atoms with Gasteiger partial charge in [0.15, 0.2) is 0 Å². The molecule has 0 aliphatic carbocycles. The van der Waals surface area contributed by atoms with Gasteiger partial charge in [0.05, 0.1) is 6.04 Å². The summed E-state index contributed by atoms with van der Waals surface area (Å²) in [6.07, 6.45) is 2.32. The molecule has 1 heterocycles. The van der Waals surface area contributed by atoms with E-state index in [0.29, 0.717) is 12.1 Å². The summed E-state index contributed by atoms with van der Waals surface area (Å²) in [6.45, 7) is 1.70. The van der Waals surface area contributed by atoms with Crippen LogP contribution in [0.2, 0.25) is 0 Å². The molecular formula is C21H26BrN3O. The Balaban J connectivity index is 1.73. The molecule has 1 amide bonds. The Hall–Kier alpha value is -1.85. The molecule has 0 saturated heterocycles. The predicted octanol–water partition coefficient (Wildman–Crippen LogP) is 3.86. The molecular weight excluding hydrogens is 390 g/mol. The number of carbonyl (C=O) groups is 1. The summed E-state index contributed by atoms with van der Waals surface area (Å²) >= 11 is 3.40. The highest BCUT2D eigenvalue weighted by Crippen LogP contribution is 2.30. The van der Waals surface area contributed by atoms with Crippen molar-refractivity contribution in [2.45, 2.75) is 18.9 Å². The second-order valence-corrected chi connectivity index (χ2v) is 8.03. The van der Waals surface area contributed by atoms with E-state index in [4.69, 9.17) is 0 Å². The van der Waals surface area contributed by atoms with Gasteiger partial charge < -0.3 is 15.1 Å². The fourth-order valence-electron chi connectivity index (χ4n) is 3.50. The quantitative estimate of drug-likeness (QED) is 0.804. The van der Waals surface area contributed by atoms with Crippen LogP contribution in [0.25, 0.3) is 0 Å². The average Bonchev–Trinajstić information content (AvgIpc) is 2.62. The molecule has 138 valence electrons. The summed E-state index contributed by atoms with van der Waals surface area (Å²) in [5.74, 6) is -0.0398. The summed E-state index contributed by atoms with van der Waals surface area (Å²) in [7, 11) is 6.27. The fraction of sp³-hybridized carbons (Fsp3) is 0.381. The van der Waals surface area contributed by atoms with E-state index >= 15 is 0 Å². The van der Waals surface area contributed by atoms with Gasteiger partial charge in [0.2, 0.25) is 0 Å². The number of hydrogen-bond acceptors (Lipinski definition) is 3. The number of carbonyl (C=O) groups excluding carboxylic acids is 1. The minimum Gasteiger partial charge on any atom is -0.374 e. The van der Waals surface area contributed by atoms with Crippen LogP contribution in [0, 0.1) is 0 Å². The highest BCUT2D eigenvalue weighted by Gasteiger charge is 2.20. The molecule has 1 aliphatic rings. The SMILES string of the molecule is CN1CCCc2cc([C@H](CNC(=O)c3ccc(Br)cc3)N(C)C)ccc21. The Morgan fingerprint density at radius 3 is 2.65 bits per heavy atom. The average molecular weight is 416 g/mol. The molecule has 0 radical (unpaired) electrons. The molecule has 4 nitrogen and oxygen atoms in total. The number of benzene rings is 2. The third kappa shape index (κ3) is 4.27. The third-order valence-corrected chi connectivity index (χ3v) is 5.55. The van der Waals surface area contributed by atoms with Crippen LogP contribution in [0.5, 0.6) is 0 Å². The van der Waals surface area contributed by atoms with Gasteiger partial charge in [-0.25, -0.2) is 0 Å². The number of fused-ring (bicyclic) bond motifs is 1. The smallest absolute Gasteiger partial charge is 0.251 e. The van der Waals surface area contributed by atoms with Gasteiger partial charge in [0.1, 0.15) is 0 Å². The molecule has 1 aliphatic heterocycles. The van der Waals surface area contributed by atoms with Crippen LogP contribution in [-0.4, -0.2) is 45.0 Å². The van der Waals surface area contributed by atoms with Gasteiger partial charge in [-0.2, -0.15) is 0 Å². The molecule has 3 rings (SSSR count). The van der Waals surface area contributed by atoms with Gasteiger partial charge in [-0.15, -0.1) is 0 Å². The summed E-state index contributed by atoms with van der Waals surface area (Å²) < 4.78 is 0.972. The molecule has 5 heteroatoms. The first kappa shape index (κ1) is 18.9. The molecule has 0 spiro atoms. The van der Waals surface area contributed by atoms with E-state index in [0.717, 1.165) is 17.4 Å². The maximum Gasteiger partial charge on any atom is 0.251 e. The molecule has 0 saturated carbocycles. The second kappa shape index (κ2) is 8.23. The van der Waals surface area contributed by atoms with E-state index in [2.05, 4.69) is 70.4 Å². The molecule has 0 bridgehead atoms. The zero-order valence-electron chi connectivity index (χ0n) is 15.6. The zero-order chi connectivity index (χ0) is 18.7. The van der Waals surface area contributed by atoms with Gasteiger partial charge >= 0.3 is 0 Å². The largest absolute Gasteiger partial charge is 0.374 e. The Morgan fingerprint density at radius 2 is 1.96 bits per heavy atom. The molecule has 0 unspecified atom stereocenters. The van der Waals surface area contributed by atoms with Crippen molar-refractivity contribution in [3.05, 3.63) is 63.6 Å². The lowest BCUT2D eigenvalue weighted by molar-refractivity contribution is 0.0942. The fourth-order valence-corrected chi connectivity index (χ4v) is 3.77. The van der Waals surface area contributed by atoms with Gasteiger partial charge in [-0.3, -0.25) is 4.79 Å². The highest BCUT2D eigenvalue weighted by molar-refractivity contribution is 9.10. The number of halogens is 1. The summed E-state index contributed by atoms with van der Waals surface area (Å²) in [6, 6.07) is 14.3. The van der Waals surface area contributed by atoms with E-state index in [1.54, 1.807) is 0 Å². The summed E-state index contributed by atoms with van der Waals surface area (Å²) in [5.41, 5.74) is 4.66. The van der Waals surface area contributed by atoms with Crippen LogP contribution in [0.1, 0.15) is 33.9 Å². The van der Waals surface area contributed by atoms with E-state index in [9.17, 15) is 4.79 Å². The van der Waals surface area contributed by atoms with Gasteiger partial charge in [0.25, 0.3) is 5.91 Å². The third-order valence-electron chi connectivity index (χ3n) is 5.02. The van der Waals surface area contributed by atoms with Crippen molar-refractivity contribution in [2.75, 3.05) is 39.1 Å². The Labute approximate surface area is 164 Å². The molecule has 1 atom stereocenters. The highest BCUT2D eigenvalue weighted by atomic mass is 79.9. The van der Waals surface area contributed by atoms with E-state index in [1.807, 2.05) is 24.3 Å². The number of amides is 1. The first-order valence-corrected chi connectivity index (χ1v) is 9.79. The number of rotatable bonds is 5. The maximum atomic E-state index is 12.4. The van der Waals surface area contributed by atoms with E-state index in [-0.39, 0.29) is 11.9 Å². The first-order valence-electron chi connectivity index (χ1n) is 9.00. The molecule has 2 aromatic carbocycles. The van der Waals surface area contributed by atoms with Crippen LogP contribution in [0.15, 0.2) is 46.9 Å². The lowest BCUT2D eigenvalue weighted by Crippen LogP contribution is -2.34. The standard InChI is InChI=1S/C21H26BrN3O/c1-24(2)20(14-23-21(26)15-6-9-18(22)10-7-15)17-8-11-19-16(13-17)5-4-12-25(19)3/h6-11,13,20H,4-5,12,14H2,1-3H3,(H,23,26)/t20-/m0/s1. The van der Waals surface area contributed by atoms with Crippen molar-refractivity contribution >= 4 is 27.5 Å². The van der Waals surface area contributed by atoms with Crippen LogP contribution in [0.3, 0.4) is 0 Å². The normalized spacial score (nSPS) is 14.9. The van der Waals surface area contributed by atoms with Crippen molar-refractivity contribution in [3.8, 4) is 0 Å². The predicted molar refractivity (Wildman–Crippen MR) is 111 cm³/mol. The number of nitrogens with zero attached hydrogens (tertiary/aromatic N) is 2. The molecule has 0 fully saturated rings. The lowest BCUT2D eigenvalue weighted by Gasteiger charge is -2.30. The Kier molecular flexibility index (Phi) is 5.99. The molecule has 0 aromatic heterocycles. The van der Waals surface area contributed by atoms with Crippen molar-refractivity contribution in [2.24, 2.45) is 0 Å². The first-order chi connectivity index (χ1) is 12.5. The number of anilines is 1. The van der Waals surface area contributed by atoms with Crippen LogP contribution in [0.4, 0.5) is 5.69 Å². The maximum absolute atomic E-state index is 12.4. The topological polar surface area (TPSA) is 35.6 Å². The molecule has 1 N–H and O–H groups in total. The summed E-state index contributed by atoms with van der Waals surface area (Å²) in [4.78, 5) is 16.9. The number of aryl methyl sites for hydroxylation is 1. The lowest BCUT2D eigenvalue weighted by atomic mass is 9.96.